The van der Waals surface area contributed by atoms with Gasteiger partial charge in [0.05, 0.1) is 0 Å². The van der Waals surface area contributed by atoms with Crippen molar-refractivity contribution < 1.29 is 10.2 Å². The summed E-state index contributed by atoms with van der Waals surface area (Å²) in [5.41, 5.74) is 5.08. The van der Waals surface area contributed by atoms with Crippen molar-refractivity contribution in [1.82, 2.24) is 10.2 Å². The van der Waals surface area contributed by atoms with Gasteiger partial charge in [-0.2, -0.15) is 0 Å². The van der Waals surface area contributed by atoms with Crippen molar-refractivity contribution >= 4 is 32.9 Å². The molecule has 4 aromatic carbocycles. The summed E-state index contributed by atoms with van der Waals surface area (Å²) in [5.74, 6) is -0.0326. The van der Waals surface area contributed by atoms with Crippen LogP contribution in [0, 0.1) is 0 Å². The normalized spacial score (nSPS) is 12.5. The Hall–Kier alpha value is -4.79. The minimum atomic E-state index is -0.607. The number of rotatable bonds is 4. The zero-order chi connectivity index (χ0) is 22.1. The molecule has 0 saturated heterocycles. The first-order valence-electron chi connectivity index (χ1n) is 9.67. The van der Waals surface area contributed by atoms with Crippen LogP contribution in [-0.2, 0) is 0 Å². The van der Waals surface area contributed by atoms with E-state index in [-0.39, 0.29) is 22.5 Å². The lowest BCUT2D eigenvalue weighted by atomic mass is 10.1. The van der Waals surface area contributed by atoms with Gasteiger partial charge in [0.15, 0.2) is 0 Å². The van der Waals surface area contributed by atoms with Crippen LogP contribution < -0.4 is 27.3 Å². The number of aromatic nitrogens is 2. The molecule has 0 fully saturated rings. The van der Waals surface area contributed by atoms with Crippen molar-refractivity contribution in [2.45, 2.75) is 0 Å². The minimum absolute atomic E-state index is 0.0163. The highest BCUT2D eigenvalue weighted by Crippen LogP contribution is 2.33. The van der Waals surface area contributed by atoms with Gasteiger partial charge in [0.25, 0.3) is 5.43 Å². The van der Waals surface area contributed by atoms with Crippen LogP contribution in [-0.4, -0.2) is 20.4 Å². The van der Waals surface area contributed by atoms with Crippen LogP contribution in [0.1, 0.15) is 0 Å². The Bertz CT molecular complexity index is 1520. The first-order valence-corrected chi connectivity index (χ1v) is 9.67. The molecule has 0 aliphatic carbocycles. The molecule has 0 amide bonds. The molecule has 1 heterocycles. The highest BCUT2D eigenvalue weighted by atomic mass is 16.3. The Morgan fingerprint density at radius 3 is 1.53 bits per heavy atom. The fraction of sp³-hybridized carbons (Fsp3) is 0. The van der Waals surface area contributed by atoms with Crippen LogP contribution in [0.5, 0.6) is 11.5 Å². The number of nitrogens with one attached hydrogen (secondary N) is 2. The summed E-state index contributed by atoms with van der Waals surface area (Å²) in [4.78, 5) is 12.6. The molecule has 9 nitrogen and oxygen atoms in total. The maximum absolute atomic E-state index is 12.6. The second-order valence-electron chi connectivity index (χ2n) is 6.99. The lowest BCUT2D eigenvalue weighted by molar-refractivity contribution is 0.477. The van der Waals surface area contributed by atoms with Gasteiger partial charge < -0.3 is 10.2 Å². The van der Waals surface area contributed by atoms with Crippen LogP contribution in [0.25, 0.3) is 21.5 Å². The Morgan fingerprint density at radius 1 is 0.625 bits per heavy atom. The van der Waals surface area contributed by atoms with Gasteiger partial charge in [-0.1, -0.05) is 60.7 Å². The number of aromatic hydroxyl groups is 2. The van der Waals surface area contributed by atoms with Crippen LogP contribution in [0.3, 0.4) is 0 Å². The lowest BCUT2D eigenvalue weighted by Gasteiger charge is -2.07. The van der Waals surface area contributed by atoms with E-state index in [1.54, 1.807) is 12.1 Å². The van der Waals surface area contributed by atoms with Crippen LogP contribution in [0.4, 0.5) is 11.4 Å². The number of anilines is 2. The molecule has 0 unspecified atom stereocenters. The highest BCUT2D eigenvalue weighted by molar-refractivity contribution is 5.97. The van der Waals surface area contributed by atoms with Crippen molar-refractivity contribution in [3.05, 3.63) is 94.0 Å². The van der Waals surface area contributed by atoms with E-state index in [1.165, 1.54) is 12.1 Å². The number of phenols is 2. The Morgan fingerprint density at radius 2 is 1.06 bits per heavy atom. The fourth-order valence-corrected chi connectivity index (χ4v) is 3.40. The van der Waals surface area contributed by atoms with Crippen molar-refractivity contribution in [3.8, 4) is 11.5 Å². The Kier molecular flexibility index (Phi) is 4.68. The molecule has 9 heteroatoms. The Balaban J connectivity index is 1.49. The van der Waals surface area contributed by atoms with Gasteiger partial charge in [-0.25, -0.2) is 0 Å². The van der Waals surface area contributed by atoms with E-state index in [4.69, 9.17) is 0 Å². The monoisotopic (exact) mass is 424 g/mol. The van der Waals surface area contributed by atoms with Gasteiger partial charge >= 0.3 is 0 Å². The lowest BCUT2D eigenvalue weighted by Crippen LogP contribution is -2.34. The number of hydrogen-bond acceptors (Lipinski definition) is 9. The smallest absolute Gasteiger partial charge is 0.274 e. The summed E-state index contributed by atoms with van der Waals surface area (Å²) in [6.07, 6.45) is 0. The molecule has 0 radical (unpaired) electrons. The zero-order valence-corrected chi connectivity index (χ0v) is 16.5. The van der Waals surface area contributed by atoms with Gasteiger partial charge in [0.2, 0.25) is 11.0 Å². The summed E-state index contributed by atoms with van der Waals surface area (Å²) in [6, 6.07) is 21.5. The topological polar surface area (TPSA) is 132 Å². The third-order valence-corrected chi connectivity index (χ3v) is 5.01. The highest BCUT2D eigenvalue weighted by Gasteiger charge is 2.09. The van der Waals surface area contributed by atoms with E-state index in [1.807, 2.05) is 48.5 Å². The predicted molar refractivity (Wildman–Crippen MR) is 120 cm³/mol. The first-order chi connectivity index (χ1) is 15.6. The first kappa shape index (κ1) is 19.2. The van der Waals surface area contributed by atoms with E-state index >= 15 is 0 Å². The number of phenolic OH excluding ortho intramolecular Hbond substituents is 2. The third-order valence-electron chi connectivity index (χ3n) is 5.01. The number of hydrogen-bond donors (Lipinski definition) is 4. The summed E-state index contributed by atoms with van der Waals surface area (Å²) in [6.45, 7) is 0. The fourth-order valence-electron chi connectivity index (χ4n) is 3.40. The average molecular weight is 424 g/mol. The van der Waals surface area contributed by atoms with Crippen molar-refractivity contribution in [2.75, 3.05) is 10.9 Å². The molecular formula is C23H16N6O3. The quantitative estimate of drug-likeness (QED) is 0.257. The third kappa shape index (κ3) is 3.37. The zero-order valence-electron chi connectivity index (χ0n) is 16.5. The number of fused-ring (bicyclic) bond motifs is 2. The van der Waals surface area contributed by atoms with E-state index < -0.39 is 5.43 Å². The van der Waals surface area contributed by atoms with E-state index in [0.717, 1.165) is 21.5 Å². The SMILES string of the molecule is O=c1/c(=N/Nc2c(O)ccc3ccccc23)nn/c1=N\Nc1c(O)ccc2ccccc12. The molecule has 4 N–H and O–H groups in total. The molecule has 0 aliphatic heterocycles. The summed E-state index contributed by atoms with van der Waals surface area (Å²) < 4.78 is 0. The number of nitrogens with zero attached hydrogens (tertiary/aromatic N) is 4. The minimum Gasteiger partial charge on any atom is -0.506 e. The second-order valence-corrected chi connectivity index (χ2v) is 6.99. The molecule has 0 bridgehead atoms. The number of benzene rings is 4. The van der Waals surface area contributed by atoms with Gasteiger partial charge in [-0.15, -0.1) is 20.4 Å². The van der Waals surface area contributed by atoms with E-state index in [2.05, 4.69) is 31.3 Å². The predicted octanol–water partition coefficient (Wildman–Crippen LogP) is 2.29. The molecule has 32 heavy (non-hydrogen) atoms. The van der Waals surface area contributed by atoms with Gasteiger partial charge in [0.1, 0.15) is 22.9 Å². The maximum Gasteiger partial charge on any atom is 0.274 e. The van der Waals surface area contributed by atoms with E-state index in [0.29, 0.717) is 11.4 Å². The molecule has 0 spiro atoms. The maximum atomic E-state index is 12.6. The molecule has 5 aromatic rings. The molecular weight excluding hydrogens is 408 g/mol. The average Bonchev–Trinajstić information content (AvgIpc) is 3.17. The van der Waals surface area contributed by atoms with Gasteiger partial charge in [0, 0.05) is 10.8 Å². The standard InChI is InChI=1S/C23H16N6O3/c30-17-11-9-13-5-1-3-7-15(13)19(17)24-26-22-21(32)23(29-28-22)27-25-20-16-8-4-2-6-14(16)10-12-18(20)31/h1-12,24-25,30-31H/b26-22-,27-23-. The Labute approximate surface area is 180 Å². The van der Waals surface area contributed by atoms with Gasteiger partial charge in [-0.3, -0.25) is 15.6 Å². The van der Waals surface area contributed by atoms with E-state index in [9.17, 15) is 15.0 Å². The summed E-state index contributed by atoms with van der Waals surface area (Å²) in [7, 11) is 0. The molecule has 5 rings (SSSR count). The molecule has 1 aromatic heterocycles. The summed E-state index contributed by atoms with van der Waals surface area (Å²) >= 11 is 0. The van der Waals surface area contributed by atoms with Crippen LogP contribution in [0.2, 0.25) is 0 Å². The molecule has 0 aliphatic rings. The largest absolute Gasteiger partial charge is 0.506 e. The van der Waals surface area contributed by atoms with Crippen molar-refractivity contribution in [3.63, 3.8) is 0 Å². The second kappa shape index (κ2) is 7.80. The molecule has 0 saturated carbocycles. The van der Waals surface area contributed by atoms with Crippen LogP contribution >= 0.6 is 0 Å². The molecule has 156 valence electrons. The van der Waals surface area contributed by atoms with Crippen molar-refractivity contribution in [1.29, 1.82) is 0 Å². The molecule has 0 atom stereocenters. The van der Waals surface area contributed by atoms with Gasteiger partial charge in [-0.05, 0) is 22.9 Å². The van der Waals surface area contributed by atoms with Crippen molar-refractivity contribution in [2.24, 2.45) is 10.2 Å². The summed E-state index contributed by atoms with van der Waals surface area (Å²) in [5, 5.41) is 39.2. The van der Waals surface area contributed by atoms with Crippen LogP contribution in [0.15, 0.2) is 87.8 Å².